The van der Waals surface area contributed by atoms with E-state index in [9.17, 15) is 0 Å². The van der Waals surface area contributed by atoms with Gasteiger partial charge in [0.05, 0.1) is 6.61 Å². The Morgan fingerprint density at radius 2 is 2.33 bits per heavy atom. The first-order valence-corrected chi connectivity index (χ1v) is 7.14. The van der Waals surface area contributed by atoms with E-state index in [0.717, 1.165) is 38.2 Å². The van der Waals surface area contributed by atoms with E-state index >= 15 is 0 Å². The Balaban J connectivity index is 1.70. The molecule has 1 aromatic rings. The fraction of sp³-hybridized carbons (Fsp3) is 0.600. The van der Waals surface area contributed by atoms with Gasteiger partial charge in [0.25, 0.3) is 0 Å². The lowest BCUT2D eigenvalue weighted by Crippen LogP contribution is -2.31. The molecule has 0 radical (unpaired) electrons. The minimum Gasteiger partial charge on any atom is -0.490 e. The monoisotopic (exact) mass is 266 g/mol. The molecule has 2 atom stereocenters. The van der Waals surface area contributed by atoms with Gasteiger partial charge in [0, 0.05) is 24.3 Å². The maximum absolute atomic E-state index is 6.14. The summed E-state index contributed by atoms with van der Waals surface area (Å²) in [5.41, 5.74) is 2.77. The van der Waals surface area contributed by atoms with Crippen molar-refractivity contribution in [2.24, 2.45) is 5.41 Å². The van der Waals surface area contributed by atoms with Gasteiger partial charge in [-0.3, -0.25) is 0 Å². The third-order valence-electron chi connectivity index (χ3n) is 4.09. The number of benzene rings is 1. The molecule has 1 fully saturated rings. The minimum atomic E-state index is 0.128. The van der Waals surface area contributed by atoms with E-state index in [2.05, 4.69) is 25.1 Å². The van der Waals surface area contributed by atoms with Gasteiger partial charge < -0.3 is 9.47 Å². The van der Waals surface area contributed by atoms with E-state index in [1.165, 1.54) is 11.1 Å². The highest BCUT2D eigenvalue weighted by Gasteiger charge is 2.38. The van der Waals surface area contributed by atoms with Gasteiger partial charge in [0.2, 0.25) is 0 Å². The second kappa shape index (κ2) is 4.75. The number of hydrogen-bond donors (Lipinski definition) is 0. The maximum atomic E-state index is 6.14. The Labute approximate surface area is 113 Å². The molecular weight excluding hydrogens is 248 g/mol. The summed E-state index contributed by atoms with van der Waals surface area (Å²) in [5, 5.41) is 0. The van der Waals surface area contributed by atoms with Crippen LogP contribution >= 0.6 is 11.6 Å². The minimum absolute atomic E-state index is 0.128. The number of rotatable bonds is 3. The van der Waals surface area contributed by atoms with Crippen LogP contribution in [0.2, 0.25) is 0 Å². The summed E-state index contributed by atoms with van der Waals surface area (Å²) in [4.78, 5) is 0. The molecule has 0 amide bonds. The van der Waals surface area contributed by atoms with Gasteiger partial charge in [-0.15, -0.1) is 11.6 Å². The topological polar surface area (TPSA) is 18.5 Å². The zero-order chi connectivity index (χ0) is 12.6. The molecule has 2 unspecified atom stereocenters. The zero-order valence-electron chi connectivity index (χ0n) is 10.7. The van der Waals surface area contributed by atoms with Crippen molar-refractivity contribution in [3.63, 3.8) is 0 Å². The predicted octanol–water partition coefficient (Wildman–Crippen LogP) is 3.33. The van der Waals surface area contributed by atoms with Gasteiger partial charge in [0.15, 0.2) is 0 Å². The smallest absolute Gasteiger partial charge is 0.123 e. The normalized spacial score (nSPS) is 30.2. The van der Waals surface area contributed by atoms with Gasteiger partial charge in [0.1, 0.15) is 11.9 Å². The van der Waals surface area contributed by atoms with Crippen LogP contribution in [0, 0.1) is 12.3 Å². The predicted molar refractivity (Wildman–Crippen MR) is 72.5 cm³/mol. The van der Waals surface area contributed by atoms with E-state index < -0.39 is 0 Å². The Morgan fingerprint density at radius 1 is 1.44 bits per heavy atom. The summed E-state index contributed by atoms with van der Waals surface area (Å²) < 4.78 is 11.6. The summed E-state index contributed by atoms with van der Waals surface area (Å²) in [6.45, 7) is 3.75. The lowest BCUT2D eigenvalue weighted by Gasteiger charge is -2.27. The number of fused-ring (bicyclic) bond motifs is 1. The molecule has 2 aliphatic heterocycles. The number of aryl methyl sites for hydroxylation is 1. The average molecular weight is 267 g/mol. The lowest BCUT2D eigenvalue weighted by atomic mass is 9.83. The number of halogens is 1. The highest BCUT2D eigenvalue weighted by Crippen LogP contribution is 2.39. The first kappa shape index (κ1) is 12.3. The van der Waals surface area contributed by atoms with Crippen molar-refractivity contribution < 1.29 is 9.47 Å². The Hall–Kier alpha value is -0.730. The average Bonchev–Trinajstić information content (AvgIpc) is 2.96. The molecule has 0 N–H and O–H groups in total. The lowest BCUT2D eigenvalue weighted by molar-refractivity contribution is 0.116. The Kier molecular flexibility index (Phi) is 3.25. The molecule has 2 aliphatic rings. The van der Waals surface area contributed by atoms with Crippen molar-refractivity contribution in [1.82, 2.24) is 0 Å². The van der Waals surface area contributed by atoms with Crippen LogP contribution in [0.15, 0.2) is 18.2 Å². The molecular formula is C15H19ClO2. The van der Waals surface area contributed by atoms with Gasteiger partial charge >= 0.3 is 0 Å². The van der Waals surface area contributed by atoms with Crippen molar-refractivity contribution >= 4 is 11.6 Å². The van der Waals surface area contributed by atoms with E-state index in [0.29, 0.717) is 5.88 Å². The molecule has 3 heteroatoms. The molecule has 3 rings (SSSR count). The third-order valence-corrected chi connectivity index (χ3v) is 4.65. The number of ether oxygens (including phenoxy) is 2. The molecule has 2 nitrogen and oxygen atoms in total. The molecule has 0 aromatic heterocycles. The summed E-state index contributed by atoms with van der Waals surface area (Å²) >= 11 is 6.14. The highest BCUT2D eigenvalue weighted by atomic mass is 35.5. The van der Waals surface area contributed by atoms with Gasteiger partial charge in [-0.05, 0) is 31.4 Å². The second-order valence-electron chi connectivity index (χ2n) is 5.70. The first-order chi connectivity index (χ1) is 8.71. The van der Waals surface area contributed by atoms with E-state index in [1.807, 2.05) is 0 Å². The van der Waals surface area contributed by atoms with Crippen molar-refractivity contribution in [3.05, 3.63) is 29.3 Å². The maximum Gasteiger partial charge on any atom is 0.123 e. The third kappa shape index (κ3) is 2.24. The SMILES string of the molecule is Cc1ccc2c(c1)CC(CC1(CCl)CCOC1)O2. The van der Waals surface area contributed by atoms with Crippen LogP contribution in [0.5, 0.6) is 5.75 Å². The fourth-order valence-electron chi connectivity index (χ4n) is 3.02. The second-order valence-corrected chi connectivity index (χ2v) is 5.96. The van der Waals surface area contributed by atoms with Crippen LogP contribution in [-0.2, 0) is 11.2 Å². The van der Waals surface area contributed by atoms with Crippen molar-refractivity contribution in [3.8, 4) is 5.75 Å². The van der Waals surface area contributed by atoms with Crippen LogP contribution in [0.3, 0.4) is 0 Å². The van der Waals surface area contributed by atoms with Crippen LogP contribution in [0.4, 0.5) is 0 Å². The molecule has 98 valence electrons. The van der Waals surface area contributed by atoms with Crippen LogP contribution < -0.4 is 4.74 Å². The zero-order valence-corrected chi connectivity index (χ0v) is 11.5. The Bertz CT molecular complexity index is 438. The standard InChI is InChI=1S/C15H19ClO2/c1-11-2-3-14-12(6-11)7-13(18-14)8-15(9-16)4-5-17-10-15/h2-3,6,13H,4-5,7-10H2,1H3. The summed E-state index contributed by atoms with van der Waals surface area (Å²) in [7, 11) is 0. The largest absolute Gasteiger partial charge is 0.490 e. The Morgan fingerprint density at radius 3 is 3.06 bits per heavy atom. The quantitative estimate of drug-likeness (QED) is 0.782. The molecule has 18 heavy (non-hydrogen) atoms. The number of alkyl halides is 1. The fourth-order valence-corrected chi connectivity index (χ4v) is 3.34. The molecule has 2 heterocycles. The van der Waals surface area contributed by atoms with Gasteiger partial charge in [-0.25, -0.2) is 0 Å². The highest BCUT2D eigenvalue weighted by molar-refractivity contribution is 6.18. The summed E-state index contributed by atoms with van der Waals surface area (Å²) in [6, 6.07) is 6.42. The molecule has 0 aliphatic carbocycles. The van der Waals surface area contributed by atoms with Gasteiger partial charge in [-0.1, -0.05) is 17.7 Å². The molecule has 0 bridgehead atoms. The molecule has 1 saturated heterocycles. The number of hydrogen-bond acceptors (Lipinski definition) is 2. The van der Waals surface area contributed by atoms with Gasteiger partial charge in [-0.2, -0.15) is 0 Å². The van der Waals surface area contributed by atoms with E-state index in [4.69, 9.17) is 21.1 Å². The molecule has 0 saturated carbocycles. The van der Waals surface area contributed by atoms with Crippen LogP contribution in [0.1, 0.15) is 24.0 Å². The molecule has 0 spiro atoms. The van der Waals surface area contributed by atoms with Crippen molar-refractivity contribution in [2.75, 3.05) is 19.1 Å². The summed E-state index contributed by atoms with van der Waals surface area (Å²) in [5.74, 6) is 1.72. The first-order valence-electron chi connectivity index (χ1n) is 6.61. The van der Waals surface area contributed by atoms with Crippen LogP contribution in [0.25, 0.3) is 0 Å². The van der Waals surface area contributed by atoms with E-state index in [1.54, 1.807) is 0 Å². The summed E-state index contributed by atoms with van der Waals surface area (Å²) in [6.07, 6.45) is 3.34. The van der Waals surface area contributed by atoms with Crippen LogP contribution in [-0.4, -0.2) is 25.2 Å². The van der Waals surface area contributed by atoms with Crippen molar-refractivity contribution in [1.29, 1.82) is 0 Å². The van der Waals surface area contributed by atoms with E-state index in [-0.39, 0.29) is 11.5 Å². The van der Waals surface area contributed by atoms with Crippen molar-refractivity contribution in [2.45, 2.75) is 32.3 Å². The molecule has 1 aromatic carbocycles.